The van der Waals surface area contributed by atoms with Gasteiger partial charge in [-0.15, -0.1) is 0 Å². The smallest absolute Gasteiger partial charge is 0.237 e. The summed E-state index contributed by atoms with van der Waals surface area (Å²) in [7, 11) is 0. The minimum absolute atomic E-state index is 0.245. The van der Waals surface area contributed by atoms with Gasteiger partial charge < -0.3 is 16.0 Å². The summed E-state index contributed by atoms with van der Waals surface area (Å²) in [6.45, 7) is 12.7. The lowest BCUT2D eigenvalue weighted by atomic mass is 9.95. The maximum absolute atomic E-state index is 11.8. The zero-order valence-electron chi connectivity index (χ0n) is 13.9. The Balaban J connectivity index is 2.52. The van der Waals surface area contributed by atoms with E-state index in [0.717, 1.165) is 31.5 Å². The van der Waals surface area contributed by atoms with Crippen LogP contribution in [-0.4, -0.2) is 41.5 Å². The van der Waals surface area contributed by atoms with E-state index in [0.29, 0.717) is 0 Å². The Kier molecular flexibility index (Phi) is 6.46. The molecule has 0 spiro atoms. The van der Waals surface area contributed by atoms with Crippen LogP contribution in [0.15, 0.2) is 0 Å². The Morgan fingerprint density at radius 3 is 2.30 bits per heavy atom. The molecule has 3 N–H and O–H groups in total. The summed E-state index contributed by atoms with van der Waals surface area (Å²) in [5.41, 5.74) is 5.00. The van der Waals surface area contributed by atoms with Crippen LogP contribution in [0.5, 0.6) is 0 Å². The van der Waals surface area contributed by atoms with Crippen molar-refractivity contribution in [2.75, 3.05) is 13.1 Å². The standard InChI is InChI=1S/C16H33N3O/c1-12(2)8-10-19(14-6-7-14)11-9-16(5,15(17)20)18-13(3)4/h12-14,18H,6-11H2,1-5H3,(H2,17,20). The molecule has 4 heteroatoms. The van der Waals surface area contributed by atoms with E-state index in [1.807, 2.05) is 6.92 Å². The first-order chi connectivity index (χ1) is 9.24. The lowest BCUT2D eigenvalue weighted by molar-refractivity contribution is -0.124. The molecule has 0 radical (unpaired) electrons. The van der Waals surface area contributed by atoms with Gasteiger partial charge in [0.15, 0.2) is 0 Å². The van der Waals surface area contributed by atoms with Gasteiger partial charge in [-0.2, -0.15) is 0 Å². The first-order valence-corrected chi connectivity index (χ1v) is 8.06. The van der Waals surface area contributed by atoms with Gasteiger partial charge in [-0.3, -0.25) is 4.79 Å². The molecule has 0 aliphatic heterocycles. The van der Waals surface area contributed by atoms with Crippen LogP contribution in [0.1, 0.15) is 60.3 Å². The largest absolute Gasteiger partial charge is 0.368 e. The highest BCUT2D eigenvalue weighted by molar-refractivity contribution is 5.84. The predicted octanol–water partition coefficient (Wildman–Crippen LogP) is 2.13. The van der Waals surface area contributed by atoms with Crippen LogP contribution >= 0.6 is 0 Å². The summed E-state index contributed by atoms with van der Waals surface area (Å²) in [6, 6.07) is 1.00. The minimum Gasteiger partial charge on any atom is -0.368 e. The Morgan fingerprint density at radius 2 is 1.90 bits per heavy atom. The molecular weight excluding hydrogens is 250 g/mol. The molecule has 1 unspecified atom stereocenters. The lowest BCUT2D eigenvalue weighted by Crippen LogP contribution is -2.56. The molecule has 4 nitrogen and oxygen atoms in total. The zero-order chi connectivity index (χ0) is 15.3. The fourth-order valence-corrected chi connectivity index (χ4v) is 2.61. The van der Waals surface area contributed by atoms with Crippen molar-refractivity contribution < 1.29 is 4.79 Å². The Labute approximate surface area is 124 Å². The molecule has 1 aliphatic rings. The van der Waals surface area contributed by atoms with Gasteiger partial charge in [0.2, 0.25) is 5.91 Å². The fourth-order valence-electron chi connectivity index (χ4n) is 2.61. The maximum Gasteiger partial charge on any atom is 0.237 e. The van der Waals surface area contributed by atoms with Gasteiger partial charge in [-0.05, 0) is 58.9 Å². The average molecular weight is 283 g/mol. The Bertz CT molecular complexity index is 313. The second-order valence-corrected chi connectivity index (χ2v) is 7.20. The van der Waals surface area contributed by atoms with Crippen LogP contribution in [0, 0.1) is 5.92 Å². The number of nitrogens with one attached hydrogen (secondary N) is 1. The fraction of sp³-hybridized carbons (Fsp3) is 0.938. The van der Waals surface area contributed by atoms with Crippen molar-refractivity contribution in [3.8, 4) is 0 Å². The predicted molar refractivity (Wildman–Crippen MR) is 84.5 cm³/mol. The van der Waals surface area contributed by atoms with Crippen molar-refractivity contribution in [3.05, 3.63) is 0 Å². The van der Waals surface area contributed by atoms with Crippen LogP contribution in [0.25, 0.3) is 0 Å². The number of nitrogens with zero attached hydrogens (tertiary/aromatic N) is 1. The SMILES string of the molecule is CC(C)CCN(CCC(C)(NC(C)C)C(N)=O)C1CC1. The van der Waals surface area contributed by atoms with Gasteiger partial charge in [0.25, 0.3) is 0 Å². The number of hydrogen-bond donors (Lipinski definition) is 2. The van der Waals surface area contributed by atoms with Crippen LogP contribution in [0.4, 0.5) is 0 Å². The van der Waals surface area contributed by atoms with Crippen LogP contribution in [-0.2, 0) is 4.79 Å². The summed E-state index contributed by atoms with van der Waals surface area (Å²) < 4.78 is 0. The number of rotatable bonds is 10. The number of hydrogen-bond acceptors (Lipinski definition) is 3. The van der Waals surface area contributed by atoms with E-state index in [1.54, 1.807) is 0 Å². The molecule has 0 bridgehead atoms. The monoisotopic (exact) mass is 283 g/mol. The third kappa shape index (κ3) is 5.80. The number of amides is 1. The van der Waals surface area contributed by atoms with Crippen molar-refractivity contribution in [2.45, 2.75) is 77.9 Å². The summed E-state index contributed by atoms with van der Waals surface area (Å²) in [6.07, 6.45) is 4.63. The van der Waals surface area contributed by atoms with Gasteiger partial charge in [-0.1, -0.05) is 13.8 Å². The average Bonchev–Trinajstić information content (AvgIpc) is 3.11. The first kappa shape index (κ1) is 17.4. The summed E-state index contributed by atoms with van der Waals surface area (Å²) in [4.78, 5) is 14.3. The van der Waals surface area contributed by atoms with Crippen LogP contribution < -0.4 is 11.1 Å². The molecule has 0 aromatic rings. The number of primary amides is 1. The molecule has 1 atom stereocenters. The highest BCUT2D eigenvalue weighted by atomic mass is 16.1. The molecule has 1 aliphatic carbocycles. The third-order valence-corrected chi connectivity index (χ3v) is 4.11. The summed E-state index contributed by atoms with van der Waals surface area (Å²) in [5, 5.41) is 3.33. The molecule has 0 aromatic heterocycles. The van der Waals surface area contributed by atoms with E-state index in [-0.39, 0.29) is 11.9 Å². The van der Waals surface area contributed by atoms with Crippen molar-refractivity contribution in [1.82, 2.24) is 10.2 Å². The van der Waals surface area contributed by atoms with Gasteiger partial charge in [0.1, 0.15) is 0 Å². The molecule has 1 rings (SSSR count). The van der Waals surface area contributed by atoms with E-state index >= 15 is 0 Å². The molecule has 0 heterocycles. The first-order valence-electron chi connectivity index (χ1n) is 8.06. The molecular formula is C16H33N3O. The van der Waals surface area contributed by atoms with Crippen molar-refractivity contribution in [1.29, 1.82) is 0 Å². The Morgan fingerprint density at radius 1 is 1.30 bits per heavy atom. The van der Waals surface area contributed by atoms with Gasteiger partial charge >= 0.3 is 0 Å². The highest BCUT2D eigenvalue weighted by Gasteiger charge is 2.34. The second-order valence-electron chi connectivity index (χ2n) is 7.20. The van der Waals surface area contributed by atoms with E-state index in [1.165, 1.54) is 19.3 Å². The van der Waals surface area contributed by atoms with E-state index in [4.69, 9.17) is 5.73 Å². The molecule has 0 saturated heterocycles. The van der Waals surface area contributed by atoms with Crippen molar-refractivity contribution in [3.63, 3.8) is 0 Å². The highest BCUT2D eigenvalue weighted by Crippen LogP contribution is 2.28. The zero-order valence-corrected chi connectivity index (χ0v) is 13.9. The molecule has 0 aromatic carbocycles. The topological polar surface area (TPSA) is 58.4 Å². The van der Waals surface area contributed by atoms with E-state index < -0.39 is 5.54 Å². The molecule has 1 amide bonds. The number of nitrogens with two attached hydrogens (primary N) is 1. The summed E-state index contributed by atoms with van der Waals surface area (Å²) in [5.74, 6) is 0.485. The van der Waals surface area contributed by atoms with Crippen LogP contribution in [0.2, 0.25) is 0 Å². The number of carbonyl (C=O) groups is 1. The molecule has 1 fully saturated rings. The lowest BCUT2D eigenvalue weighted by Gasteiger charge is -2.33. The van der Waals surface area contributed by atoms with Gasteiger partial charge in [0.05, 0.1) is 5.54 Å². The Hall–Kier alpha value is -0.610. The second kappa shape index (κ2) is 7.41. The number of carbonyl (C=O) groups excluding carboxylic acids is 1. The maximum atomic E-state index is 11.8. The third-order valence-electron chi connectivity index (χ3n) is 4.11. The van der Waals surface area contributed by atoms with Gasteiger partial charge in [-0.25, -0.2) is 0 Å². The van der Waals surface area contributed by atoms with Crippen LogP contribution in [0.3, 0.4) is 0 Å². The van der Waals surface area contributed by atoms with E-state index in [2.05, 4.69) is 37.9 Å². The quantitative estimate of drug-likeness (QED) is 0.646. The summed E-state index contributed by atoms with van der Waals surface area (Å²) >= 11 is 0. The van der Waals surface area contributed by atoms with Crippen molar-refractivity contribution >= 4 is 5.91 Å². The molecule has 20 heavy (non-hydrogen) atoms. The molecule has 118 valence electrons. The normalized spacial score (nSPS) is 18.8. The van der Waals surface area contributed by atoms with E-state index in [9.17, 15) is 4.79 Å². The van der Waals surface area contributed by atoms with Crippen molar-refractivity contribution in [2.24, 2.45) is 11.7 Å². The minimum atomic E-state index is -0.598. The van der Waals surface area contributed by atoms with Gasteiger partial charge in [0, 0.05) is 18.6 Å². The molecule has 1 saturated carbocycles.